The second kappa shape index (κ2) is 7.48. The molecule has 1 aromatic heterocycles. The van der Waals surface area contributed by atoms with Crippen LogP contribution in [0.25, 0.3) is 0 Å². The van der Waals surface area contributed by atoms with Gasteiger partial charge in [0.1, 0.15) is 5.60 Å². The molecule has 0 unspecified atom stereocenters. The van der Waals surface area contributed by atoms with Crippen molar-refractivity contribution in [3.63, 3.8) is 0 Å². The number of aromatic nitrogens is 1. The molecule has 1 spiro atoms. The van der Waals surface area contributed by atoms with Crippen molar-refractivity contribution in [3.8, 4) is 0 Å². The van der Waals surface area contributed by atoms with Crippen LogP contribution >= 0.6 is 0 Å². The van der Waals surface area contributed by atoms with Gasteiger partial charge in [0, 0.05) is 38.6 Å². The summed E-state index contributed by atoms with van der Waals surface area (Å²) in [5.74, 6) is 0.657. The summed E-state index contributed by atoms with van der Waals surface area (Å²) in [6, 6.07) is 4.16. The molecule has 0 amide bonds. The fraction of sp³-hybridized carbons (Fsp3) is 0.737. The van der Waals surface area contributed by atoms with Gasteiger partial charge in [-0.25, -0.2) is 0 Å². The Labute approximate surface area is 144 Å². The van der Waals surface area contributed by atoms with Gasteiger partial charge in [0.25, 0.3) is 0 Å². The molecule has 3 saturated heterocycles. The molecule has 0 aromatic carbocycles. The van der Waals surface area contributed by atoms with E-state index in [2.05, 4.69) is 20.9 Å². The molecule has 5 nitrogen and oxygen atoms in total. The number of pyridine rings is 1. The zero-order valence-electron chi connectivity index (χ0n) is 14.5. The van der Waals surface area contributed by atoms with Crippen LogP contribution < -0.4 is 0 Å². The van der Waals surface area contributed by atoms with Crippen molar-refractivity contribution in [2.45, 2.75) is 31.4 Å². The van der Waals surface area contributed by atoms with Crippen LogP contribution in [0.1, 0.15) is 24.8 Å². The topological polar surface area (TPSA) is 37.8 Å². The number of nitrogens with zero attached hydrogens (tertiary/aromatic N) is 3. The minimum atomic E-state index is -0.108. The standard InChI is InChI=1S/C19H29N3O2/c1-2-7-21(6-1)13-18-10-19(24-14-18)15-22(8-9-23-16-19)12-17-4-3-5-20-11-17/h3-5,11,18H,1-2,6-10,12-16H2/t18-,19+/m0/s1. The maximum absolute atomic E-state index is 6.34. The molecule has 0 radical (unpaired) electrons. The lowest BCUT2D eigenvalue weighted by atomic mass is 9.94. The highest BCUT2D eigenvalue weighted by Gasteiger charge is 2.43. The molecule has 132 valence electrons. The molecule has 0 bridgehead atoms. The summed E-state index contributed by atoms with van der Waals surface area (Å²) < 4.78 is 12.3. The minimum Gasteiger partial charge on any atom is -0.377 e. The summed E-state index contributed by atoms with van der Waals surface area (Å²) in [4.78, 5) is 9.32. The summed E-state index contributed by atoms with van der Waals surface area (Å²) >= 11 is 0. The van der Waals surface area contributed by atoms with Crippen LogP contribution in [-0.2, 0) is 16.0 Å². The van der Waals surface area contributed by atoms with E-state index in [1.165, 1.54) is 38.0 Å². The van der Waals surface area contributed by atoms with Crippen molar-refractivity contribution in [1.82, 2.24) is 14.8 Å². The first-order valence-electron chi connectivity index (χ1n) is 9.37. The Hall–Kier alpha value is -1.01. The smallest absolute Gasteiger partial charge is 0.104 e. The SMILES string of the molecule is c1cncc(CN2CCOC[C@@]3(C[C@@H](CN4CCCC4)CO3)C2)c1. The Kier molecular flexibility index (Phi) is 5.13. The van der Waals surface area contributed by atoms with E-state index in [0.717, 1.165) is 45.9 Å². The first-order chi connectivity index (χ1) is 11.8. The van der Waals surface area contributed by atoms with Crippen molar-refractivity contribution >= 4 is 0 Å². The molecule has 3 aliphatic heterocycles. The number of rotatable bonds is 4. The predicted molar refractivity (Wildman–Crippen MR) is 92.8 cm³/mol. The Balaban J connectivity index is 1.37. The van der Waals surface area contributed by atoms with Crippen LogP contribution in [-0.4, -0.2) is 72.9 Å². The van der Waals surface area contributed by atoms with Crippen molar-refractivity contribution in [1.29, 1.82) is 0 Å². The van der Waals surface area contributed by atoms with Crippen LogP contribution in [0.15, 0.2) is 24.5 Å². The van der Waals surface area contributed by atoms with Gasteiger partial charge in [-0.3, -0.25) is 9.88 Å². The predicted octanol–water partition coefficient (Wildman–Crippen LogP) is 1.78. The molecular weight excluding hydrogens is 302 g/mol. The summed E-state index contributed by atoms with van der Waals surface area (Å²) in [6.07, 6.45) is 7.65. The van der Waals surface area contributed by atoms with Gasteiger partial charge in [-0.1, -0.05) is 6.07 Å². The largest absolute Gasteiger partial charge is 0.377 e. The zero-order chi connectivity index (χ0) is 16.2. The second-order valence-corrected chi connectivity index (χ2v) is 7.70. The molecule has 24 heavy (non-hydrogen) atoms. The maximum Gasteiger partial charge on any atom is 0.104 e. The third-order valence-corrected chi connectivity index (χ3v) is 5.56. The summed E-state index contributed by atoms with van der Waals surface area (Å²) in [5, 5.41) is 0. The Morgan fingerprint density at radius 2 is 2.12 bits per heavy atom. The molecule has 3 fully saturated rings. The lowest BCUT2D eigenvalue weighted by molar-refractivity contribution is -0.0563. The summed E-state index contributed by atoms with van der Waals surface area (Å²) in [7, 11) is 0. The highest BCUT2D eigenvalue weighted by Crippen LogP contribution is 2.34. The van der Waals surface area contributed by atoms with Gasteiger partial charge in [0.05, 0.1) is 19.8 Å². The van der Waals surface area contributed by atoms with Crippen LogP contribution in [0.2, 0.25) is 0 Å². The second-order valence-electron chi connectivity index (χ2n) is 7.70. The van der Waals surface area contributed by atoms with Crippen LogP contribution in [0.4, 0.5) is 0 Å². The van der Waals surface area contributed by atoms with E-state index in [1.54, 1.807) is 0 Å². The number of likely N-dealkylation sites (tertiary alicyclic amines) is 1. The Morgan fingerprint density at radius 3 is 2.96 bits per heavy atom. The van der Waals surface area contributed by atoms with Crippen LogP contribution in [0.5, 0.6) is 0 Å². The molecule has 1 aromatic rings. The molecule has 2 atom stereocenters. The fourth-order valence-electron chi connectivity index (χ4n) is 4.47. The van der Waals surface area contributed by atoms with Crippen molar-refractivity contribution in [2.24, 2.45) is 5.92 Å². The van der Waals surface area contributed by atoms with E-state index in [-0.39, 0.29) is 5.60 Å². The molecule has 0 N–H and O–H groups in total. The van der Waals surface area contributed by atoms with E-state index in [9.17, 15) is 0 Å². The van der Waals surface area contributed by atoms with Gasteiger partial charge < -0.3 is 14.4 Å². The summed E-state index contributed by atoms with van der Waals surface area (Å²) in [5.41, 5.74) is 1.16. The third kappa shape index (κ3) is 3.97. The maximum atomic E-state index is 6.34. The molecule has 0 aliphatic carbocycles. The lowest BCUT2D eigenvalue weighted by Crippen LogP contribution is -2.44. The van der Waals surface area contributed by atoms with E-state index in [0.29, 0.717) is 5.92 Å². The van der Waals surface area contributed by atoms with Gasteiger partial charge in [0.2, 0.25) is 0 Å². The van der Waals surface area contributed by atoms with Gasteiger partial charge in [-0.2, -0.15) is 0 Å². The van der Waals surface area contributed by atoms with Crippen LogP contribution in [0.3, 0.4) is 0 Å². The van der Waals surface area contributed by atoms with E-state index >= 15 is 0 Å². The molecule has 4 rings (SSSR count). The van der Waals surface area contributed by atoms with E-state index in [1.807, 2.05) is 18.5 Å². The minimum absolute atomic E-state index is 0.108. The Bertz CT molecular complexity index is 521. The quantitative estimate of drug-likeness (QED) is 0.841. The lowest BCUT2D eigenvalue weighted by Gasteiger charge is -2.31. The fourth-order valence-corrected chi connectivity index (χ4v) is 4.47. The number of ether oxygens (including phenoxy) is 2. The third-order valence-electron chi connectivity index (χ3n) is 5.56. The van der Waals surface area contributed by atoms with Gasteiger partial charge in [-0.05, 0) is 49.9 Å². The molecule has 4 heterocycles. The van der Waals surface area contributed by atoms with Crippen molar-refractivity contribution in [2.75, 3.05) is 52.5 Å². The Morgan fingerprint density at radius 1 is 1.21 bits per heavy atom. The normalized spacial score (nSPS) is 32.4. The van der Waals surface area contributed by atoms with Gasteiger partial charge >= 0.3 is 0 Å². The highest BCUT2D eigenvalue weighted by atomic mass is 16.5. The zero-order valence-corrected chi connectivity index (χ0v) is 14.5. The van der Waals surface area contributed by atoms with E-state index in [4.69, 9.17) is 9.47 Å². The monoisotopic (exact) mass is 331 g/mol. The number of hydrogen-bond donors (Lipinski definition) is 0. The molecular formula is C19H29N3O2. The average Bonchev–Trinajstić information content (AvgIpc) is 3.19. The first-order valence-corrected chi connectivity index (χ1v) is 9.37. The van der Waals surface area contributed by atoms with Crippen molar-refractivity contribution in [3.05, 3.63) is 30.1 Å². The van der Waals surface area contributed by atoms with Gasteiger partial charge in [-0.15, -0.1) is 0 Å². The first kappa shape index (κ1) is 16.5. The average molecular weight is 331 g/mol. The number of hydrogen-bond acceptors (Lipinski definition) is 5. The van der Waals surface area contributed by atoms with Gasteiger partial charge in [0.15, 0.2) is 0 Å². The van der Waals surface area contributed by atoms with E-state index < -0.39 is 0 Å². The highest BCUT2D eigenvalue weighted by molar-refractivity contribution is 5.08. The molecule has 5 heteroatoms. The molecule has 0 saturated carbocycles. The molecule has 3 aliphatic rings. The van der Waals surface area contributed by atoms with Crippen LogP contribution in [0, 0.1) is 5.92 Å². The van der Waals surface area contributed by atoms with Crippen molar-refractivity contribution < 1.29 is 9.47 Å². The summed E-state index contributed by atoms with van der Waals surface area (Å²) in [6.45, 7) is 9.04.